The van der Waals surface area contributed by atoms with Gasteiger partial charge in [0.2, 0.25) is 11.7 Å². The van der Waals surface area contributed by atoms with Crippen molar-refractivity contribution in [2.45, 2.75) is 77.1 Å². The lowest BCUT2D eigenvalue weighted by Crippen LogP contribution is -2.41. The number of methoxy groups -OCH3 is 2. The molecule has 1 heterocycles. The van der Waals surface area contributed by atoms with Gasteiger partial charge >= 0.3 is 0 Å². The van der Waals surface area contributed by atoms with Gasteiger partial charge in [-0.3, -0.25) is 9.59 Å². The Morgan fingerprint density at radius 2 is 1.79 bits per heavy atom. The number of benzene rings is 2. The molecular formula is C36H56N4O7Si. The van der Waals surface area contributed by atoms with Crippen LogP contribution in [0, 0.1) is 0 Å². The van der Waals surface area contributed by atoms with Crippen LogP contribution in [0.1, 0.15) is 68.8 Å². The minimum absolute atomic E-state index is 0.00509. The zero-order chi connectivity index (χ0) is 35.2. The van der Waals surface area contributed by atoms with Gasteiger partial charge in [0.25, 0.3) is 5.91 Å². The average Bonchev–Trinajstić information content (AvgIpc) is 3.30. The molecule has 1 fully saturated rings. The molecule has 1 aliphatic heterocycles. The molecule has 0 radical (unpaired) electrons. The van der Waals surface area contributed by atoms with Crippen LogP contribution in [-0.2, 0) is 14.1 Å². The lowest BCUT2D eigenvalue weighted by Gasteiger charge is -2.36. The summed E-state index contributed by atoms with van der Waals surface area (Å²) < 4.78 is 16.7. The first-order valence-electron chi connectivity index (χ1n) is 17.0. The Morgan fingerprint density at radius 1 is 1.04 bits per heavy atom. The molecule has 2 N–H and O–H groups in total. The van der Waals surface area contributed by atoms with Gasteiger partial charge in [-0.05, 0) is 68.1 Å². The topological polar surface area (TPSA) is 122 Å². The molecule has 0 spiro atoms. The molecule has 2 aromatic rings. The number of hydrogen-bond acceptors (Lipinski definition) is 9. The van der Waals surface area contributed by atoms with Gasteiger partial charge in [0, 0.05) is 51.3 Å². The van der Waals surface area contributed by atoms with Crippen LogP contribution in [0.3, 0.4) is 0 Å². The molecule has 1 aliphatic rings. The summed E-state index contributed by atoms with van der Waals surface area (Å²) in [6.07, 6.45) is 5.38. The van der Waals surface area contributed by atoms with E-state index < -0.39 is 14.2 Å². The number of aromatic hydroxyl groups is 1. The van der Waals surface area contributed by atoms with E-state index >= 15 is 0 Å². The number of carbonyl (C=O) groups is 2. The monoisotopic (exact) mass is 684 g/mol. The fraction of sp³-hybridized carbons (Fsp3) is 0.583. The molecule has 3 rings (SSSR count). The summed E-state index contributed by atoms with van der Waals surface area (Å²) in [4.78, 5) is 36.0. The van der Waals surface area contributed by atoms with Crippen molar-refractivity contribution in [2.24, 2.45) is 5.16 Å². The number of amides is 2. The van der Waals surface area contributed by atoms with Crippen molar-refractivity contribution in [2.75, 3.05) is 60.1 Å². The fourth-order valence-corrected chi connectivity index (χ4v) is 6.30. The van der Waals surface area contributed by atoms with Crippen LogP contribution in [0.4, 0.5) is 0 Å². The largest absolute Gasteiger partial charge is 0.504 e. The zero-order valence-electron chi connectivity index (χ0n) is 29.9. The molecule has 0 bridgehead atoms. The van der Waals surface area contributed by atoms with Crippen molar-refractivity contribution in [1.29, 1.82) is 0 Å². The number of phenolic OH excluding ortho intramolecular Hbond substituents is 1. The fourth-order valence-electron chi connectivity index (χ4n) is 5.21. The van der Waals surface area contributed by atoms with Gasteiger partial charge in [-0.25, -0.2) is 0 Å². The Morgan fingerprint density at radius 3 is 2.48 bits per heavy atom. The molecule has 48 heavy (non-hydrogen) atoms. The van der Waals surface area contributed by atoms with Gasteiger partial charge < -0.3 is 39.0 Å². The van der Waals surface area contributed by atoms with Crippen molar-refractivity contribution in [3.8, 4) is 17.2 Å². The van der Waals surface area contributed by atoms with Crippen LogP contribution >= 0.6 is 0 Å². The summed E-state index contributed by atoms with van der Waals surface area (Å²) in [5.41, 5.74) is 1.22. The van der Waals surface area contributed by atoms with E-state index in [1.54, 1.807) is 6.21 Å². The van der Waals surface area contributed by atoms with Crippen LogP contribution in [0.5, 0.6) is 17.2 Å². The van der Waals surface area contributed by atoms with E-state index in [0.29, 0.717) is 13.1 Å². The van der Waals surface area contributed by atoms with Crippen LogP contribution in [0.15, 0.2) is 47.6 Å². The molecule has 1 unspecified atom stereocenters. The summed E-state index contributed by atoms with van der Waals surface area (Å²) in [7, 11) is 1.04. The number of hydrogen-bond donors (Lipinski definition) is 2. The maximum Gasteiger partial charge on any atom is 0.251 e. The van der Waals surface area contributed by atoms with Crippen molar-refractivity contribution < 1.29 is 33.4 Å². The van der Waals surface area contributed by atoms with E-state index in [9.17, 15) is 14.7 Å². The summed E-state index contributed by atoms with van der Waals surface area (Å²) in [5, 5.41) is 17.4. The van der Waals surface area contributed by atoms with Gasteiger partial charge in [-0.2, -0.15) is 0 Å². The van der Waals surface area contributed by atoms with Gasteiger partial charge in [0.15, 0.2) is 19.8 Å². The highest BCUT2D eigenvalue weighted by Crippen LogP contribution is 2.38. The predicted octanol–water partition coefficient (Wildman–Crippen LogP) is 5.68. The molecular weight excluding hydrogens is 629 g/mol. The van der Waals surface area contributed by atoms with Gasteiger partial charge in [-0.1, -0.05) is 56.3 Å². The number of nitrogens with one attached hydrogen (secondary N) is 1. The second-order valence-corrected chi connectivity index (χ2v) is 18.5. The standard InChI is InChI=1S/C36H56N4O7Si/c1-36(2,3)48(6,7)46-24-11-15-30(47-38-27-28-13-9-8-10-14-28)17-21-39-19-12-20-40(23-22-39)33(42)16-18-37-35(43)29-25-31(41)34(45-5)32(26-29)44-4/h8-10,13-14,25-27,30,41H,11-12,15-24H2,1-7H3,(H,37,43)/b38-27+. The predicted molar refractivity (Wildman–Crippen MR) is 192 cm³/mol. The smallest absolute Gasteiger partial charge is 0.251 e. The lowest BCUT2D eigenvalue weighted by molar-refractivity contribution is -0.130. The number of phenols is 1. The molecule has 266 valence electrons. The highest BCUT2D eigenvalue weighted by atomic mass is 28.4. The average molecular weight is 685 g/mol. The third kappa shape index (κ3) is 12.1. The number of carbonyl (C=O) groups excluding carboxylic acids is 2. The van der Waals surface area contributed by atoms with E-state index in [2.05, 4.69) is 49.2 Å². The molecule has 0 aliphatic carbocycles. The first-order chi connectivity index (χ1) is 22.8. The molecule has 0 saturated carbocycles. The van der Waals surface area contributed by atoms with Gasteiger partial charge in [0.05, 0.1) is 20.4 Å². The van der Waals surface area contributed by atoms with E-state index in [1.807, 2.05) is 35.2 Å². The first-order valence-corrected chi connectivity index (χ1v) is 19.9. The van der Waals surface area contributed by atoms with Crippen molar-refractivity contribution in [1.82, 2.24) is 15.1 Å². The summed E-state index contributed by atoms with van der Waals surface area (Å²) >= 11 is 0. The quantitative estimate of drug-likeness (QED) is 0.0946. The Hall–Kier alpha value is -3.61. The highest BCUT2D eigenvalue weighted by Gasteiger charge is 2.37. The van der Waals surface area contributed by atoms with Crippen molar-refractivity contribution >= 4 is 26.3 Å². The number of oxime groups is 1. The molecule has 1 saturated heterocycles. The van der Waals surface area contributed by atoms with Gasteiger partial charge in [-0.15, -0.1) is 0 Å². The van der Waals surface area contributed by atoms with Crippen molar-refractivity contribution in [3.63, 3.8) is 0 Å². The summed E-state index contributed by atoms with van der Waals surface area (Å²) in [5.74, 6) is -0.185. The second kappa shape index (κ2) is 18.8. The molecule has 12 heteroatoms. The lowest BCUT2D eigenvalue weighted by atomic mass is 10.1. The van der Waals surface area contributed by atoms with Crippen LogP contribution in [-0.4, -0.2) is 107 Å². The van der Waals surface area contributed by atoms with E-state index in [4.69, 9.17) is 18.7 Å². The van der Waals surface area contributed by atoms with Crippen LogP contribution < -0.4 is 14.8 Å². The molecule has 2 aromatic carbocycles. The number of nitrogens with zero attached hydrogens (tertiary/aromatic N) is 3. The van der Waals surface area contributed by atoms with Crippen LogP contribution in [0.25, 0.3) is 0 Å². The molecule has 0 aromatic heterocycles. The maximum atomic E-state index is 13.0. The Bertz CT molecular complexity index is 1330. The van der Waals surface area contributed by atoms with E-state index in [-0.39, 0.29) is 52.8 Å². The van der Waals surface area contributed by atoms with Crippen molar-refractivity contribution in [3.05, 3.63) is 53.6 Å². The summed E-state index contributed by atoms with van der Waals surface area (Å²) in [6.45, 7) is 16.1. The Kier molecular flexibility index (Phi) is 15.2. The Labute approximate surface area is 287 Å². The zero-order valence-corrected chi connectivity index (χ0v) is 30.9. The number of rotatable bonds is 17. The van der Waals surface area contributed by atoms with Gasteiger partial charge in [0.1, 0.15) is 6.10 Å². The Balaban J connectivity index is 1.46. The molecule has 2 amide bonds. The first kappa shape index (κ1) is 38.8. The van der Waals surface area contributed by atoms with E-state index in [0.717, 1.165) is 57.5 Å². The van der Waals surface area contributed by atoms with Crippen LogP contribution in [0.2, 0.25) is 18.1 Å². The highest BCUT2D eigenvalue weighted by molar-refractivity contribution is 6.74. The second-order valence-electron chi connectivity index (χ2n) is 13.7. The normalized spacial score (nSPS) is 15.2. The number of ether oxygens (including phenoxy) is 2. The minimum atomic E-state index is -1.80. The third-order valence-electron chi connectivity index (χ3n) is 9.21. The SMILES string of the molecule is COc1cc(C(=O)NCCC(=O)N2CCCN(CCC(CCCO[Si](C)(C)C(C)(C)C)O/N=C/c3ccccc3)CC2)cc(O)c1OC. The maximum absolute atomic E-state index is 13.0. The summed E-state index contributed by atoms with van der Waals surface area (Å²) in [6, 6.07) is 12.7. The van der Waals surface area contributed by atoms with E-state index in [1.165, 1.54) is 26.4 Å². The molecule has 11 nitrogen and oxygen atoms in total. The third-order valence-corrected chi connectivity index (χ3v) is 13.7. The molecule has 1 atom stereocenters. The minimum Gasteiger partial charge on any atom is -0.504 e.